The molecule has 0 atom stereocenters. The number of hydrogen-bond acceptors (Lipinski definition) is 4. The summed E-state index contributed by atoms with van der Waals surface area (Å²) in [7, 11) is 3.33. The maximum Gasteiger partial charge on any atom is 0.160 e. The summed E-state index contributed by atoms with van der Waals surface area (Å²) in [6, 6.07) is 8.77. The first kappa shape index (κ1) is 17.8. The molecule has 0 aliphatic heterocycles. The zero-order valence-corrected chi connectivity index (χ0v) is 15.7. The lowest BCUT2D eigenvalue weighted by Crippen LogP contribution is -2.20. The van der Waals surface area contributed by atoms with Gasteiger partial charge in [0.05, 0.1) is 25.6 Å². The van der Waals surface area contributed by atoms with Gasteiger partial charge in [0.1, 0.15) is 0 Å². The normalized spacial score (nSPS) is 14.1. The van der Waals surface area contributed by atoms with Crippen molar-refractivity contribution in [1.82, 2.24) is 15.1 Å². The minimum Gasteiger partial charge on any atom is -0.493 e. The van der Waals surface area contributed by atoms with E-state index < -0.39 is 0 Å². The predicted octanol–water partition coefficient (Wildman–Crippen LogP) is 3.69. The highest BCUT2D eigenvalue weighted by atomic mass is 16.5. The molecule has 0 saturated heterocycles. The number of rotatable bonds is 9. The third kappa shape index (κ3) is 4.34. The quantitative estimate of drug-likeness (QED) is 0.706. The Balaban J connectivity index is 1.55. The van der Waals surface area contributed by atoms with Crippen LogP contribution in [-0.2, 0) is 13.0 Å². The topological polar surface area (TPSA) is 48.3 Å². The molecule has 1 N–H and O–H groups in total. The summed E-state index contributed by atoms with van der Waals surface area (Å²) in [5.74, 6) is 2.25. The number of methoxy groups -OCH3 is 2. The zero-order valence-electron chi connectivity index (χ0n) is 15.7. The van der Waals surface area contributed by atoms with Gasteiger partial charge >= 0.3 is 0 Å². The molecule has 1 saturated carbocycles. The van der Waals surface area contributed by atoms with Crippen LogP contribution >= 0.6 is 0 Å². The van der Waals surface area contributed by atoms with Gasteiger partial charge in [-0.15, -0.1) is 0 Å². The van der Waals surface area contributed by atoms with Gasteiger partial charge in [-0.2, -0.15) is 5.10 Å². The molecule has 1 aromatic heterocycles. The van der Waals surface area contributed by atoms with Crippen molar-refractivity contribution in [1.29, 1.82) is 0 Å². The number of benzene rings is 1. The maximum atomic E-state index is 5.37. The highest BCUT2D eigenvalue weighted by Crippen LogP contribution is 2.39. The molecule has 1 aliphatic carbocycles. The average Bonchev–Trinajstić information content (AvgIpc) is 3.38. The van der Waals surface area contributed by atoms with Crippen LogP contribution in [0.25, 0.3) is 0 Å². The minimum atomic E-state index is 0.398. The predicted molar refractivity (Wildman–Crippen MR) is 99.5 cm³/mol. The van der Waals surface area contributed by atoms with Crippen LogP contribution in [0.4, 0.5) is 0 Å². The molecule has 5 heteroatoms. The monoisotopic (exact) mass is 343 g/mol. The van der Waals surface area contributed by atoms with E-state index >= 15 is 0 Å². The smallest absolute Gasteiger partial charge is 0.160 e. The van der Waals surface area contributed by atoms with Crippen molar-refractivity contribution in [3.63, 3.8) is 0 Å². The summed E-state index contributed by atoms with van der Waals surface area (Å²) in [4.78, 5) is 0. The molecular formula is C20H29N3O2. The second-order valence-electron chi connectivity index (χ2n) is 6.99. The van der Waals surface area contributed by atoms with E-state index in [1.807, 2.05) is 12.1 Å². The number of ether oxygens (including phenoxy) is 2. The summed E-state index contributed by atoms with van der Waals surface area (Å²) in [6.07, 6.45) is 3.54. The summed E-state index contributed by atoms with van der Waals surface area (Å²) < 4.78 is 12.8. The molecular weight excluding hydrogens is 314 g/mol. The van der Waals surface area contributed by atoms with Crippen molar-refractivity contribution in [2.45, 2.75) is 51.6 Å². The maximum absolute atomic E-state index is 5.37. The van der Waals surface area contributed by atoms with Crippen LogP contribution in [-0.4, -0.2) is 30.5 Å². The zero-order chi connectivity index (χ0) is 17.8. The Morgan fingerprint density at radius 1 is 1.16 bits per heavy atom. The van der Waals surface area contributed by atoms with Gasteiger partial charge in [-0.25, -0.2) is 0 Å². The van der Waals surface area contributed by atoms with E-state index in [9.17, 15) is 0 Å². The van der Waals surface area contributed by atoms with Crippen LogP contribution in [0.1, 0.15) is 55.6 Å². The molecule has 0 radical (unpaired) electrons. The minimum absolute atomic E-state index is 0.398. The first-order valence-corrected chi connectivity index (χ1v) is 9.12. The number of nitrogens with zero attached hydrogens (tertiary/aromatic N) is 2. The summed E-state index contributed by atoms with van der Waals surface area (Å²) in [5.41, 5.74) is 3.79. The molecule has 1 fully saturated rings. The van der Waals surface area contributed by atoms with Gasteiger partial charge in [-0.3, -0.25) is 4.68 Å². The van der Waals surface area contributed by atoms with Crippen molar-refractivity contribution in [2.24, 2.45) is 0 Å². The first-order chi connectivity index (χ1) is 12.1. The highest BCUT2D eigenvalue weighted by Gasteiger charge is 2.27. The van der Waals surface area contributed by atoms with Crippen molar-refractivity contribution >= 4 is 0 Å². The van der Waals surface area contributed by atoms with Gasteiger partial charge in [-0.1, -0.05) is 6.07 Å². The van der Waals surface area contributed by atoms with E-state index in [2.05, 4.69) is 36.0 Å². The fourth-order valence-corrected chi connectivity index (χ4v) is 3.10. The van der Waals surface area contributed by atoms with Gasteiger partial charge in [0.15, 0.2) is 11.5 Å². The van der Waals surface area contributed by atoms with Gasteiger partial charge in [0.2, 0.25) is 0 Å². The van der Waals surface area contributed by atoms with E-state index in [0.717, 1.165) is 31.0 Å². The number of hydrogen-bond donors (Lipinski definition) is 1. The lowest BCUT2D eigenvalue weighted by atomic mass is 10.1. The van der Waals surface area contributed by atoms with E-state index in [1.54, 1.807) is 14.2 Å². The third-order valence-electron chi connectivity index (χ3n) is 4.66. The molecule has 0 spiro atoms. The molecule has 136 valence electrons. The third-order valence-corrected chi connectivity index (χ3v) is 4.66. The molecule has 5 nitrogen and oxygen atoms in total. The van der Waals surface area contributed by atoms with Gasteiger partial charge < -0.3 is 14.8 Å². The molecule has 2 aromatic rings. The lowest BCUT2D eigenvalue weighted by Gasteiger charge is -2.12. The van der Waals surface area contributed by atoms with Crippen LogP contribution in [0, 0.1) is 0 Å². The second kappa shape index (κ2) is 7.91. The molecule has 0 bridgehead atoms. The second-order valence-corrected chi connectivity index (χ2v) is 6.99. The Labute approximate surface area is 150 Å². The molecule has 1 aliphatic rings. The van der Waals surface area contributed by atoms with Gasteiger partial charge in [-0.05, 0) is 63.4 Å². The van der Waals surface area contributed by atoms with Crippen LogP contribution in [0.15, 0.2) is 24.3 Å². The number of aromatic nitrogens is 2. The van der Waals surface area contributed by atoms with Crippen LogP contribution in [0.5, 0.6) is 11.5 Å². The molecule has 1 heterocycles. The summed E-state index contributed by atoms with van der Waals surface area (Å²) >= 11 is 0. The molecule has 0 amide bonds. The van der Waals surface area contributed by atoms with Gasteiger partial charge in [0.25, 0.3) is 0 Å². The van der Waals surface area contributed by atoms with E-state index in [0.29, 0.717) is 12.0 Å². The Morgan fingerprint density at radius 3 is 2.56 bits per heavy atom. The fourth-order valence-electron chi connectivity index (χ4n) is 3.10. The van der Waals surface area contributed by atoms with Crippen molar-refractivity contribution in [3.8, 4) is 11.5 Å². The standard InChI is InChI=1S/C20H29N3O2/c1-14(2)23-17(12-18(22-23)16-6-7-16)13-21-10-9-15-5-8-19(24-3)20(11-15)25-4/h5,8,11-12,14,16,21H,6-7,9-10,13H2,1-4H3. The van der Waals surface area contributed by atoms with Gasteiger partial charge in [0, 0.05) is 18.5 Å². The van der Waals surface area contributed by atoms with Crippen LogP contribution in [0.2, 0.25) is 0 Å². The molecule has 25 heavy (non-hydrogen) atoms. The van der Waals surface area contributed by atoms with E-state index in [4.69, 9.17) is 14.6 Å². The van der Waals surface area contributed by atoms with Crippen LogP contribution < -0.4 is 14.8 Å². The Morgan fingerprint density at radius 2 is 1.92 bits per heavy atom. The number of nitrogens with one attached hydrogen (secondary N) is 1. The van der Waals surface area contributed by atoms with Crippen molar-refractivity contribution in [3.05, 3.63) is 41.2 Å². The lowest BCUT2D eigenvalue weighted by molar-refractivity contribution is 0.354. The summed E-state index contributed by atoms with van der Waals surface area (Å²) in [5, 5.41) is 8.35. The van der Waals surface area contributed by atoms with E-state index in [-0.39, 0.29) is 0 Å². The van der Waals surface area contributed by atoms with Crippen molar-refractivity contribution < 1.29 is 9.47 Å². The van der Waals surface area contributed by atoms with E-state index in [1.165, 1.54) is 29.8 Å². The first-order valence-electron chi connectivity index (χ1n) is 9.12. The SMILES string of the molecule is COc1ccc(CCNCc2cc(C3CC3)nn2C(C)C)cc1OC. The van der Waals surface area contributed by atoms with Crippen molar-refractivity contribution in [2.75, 3.05) is 20.8 Å². The molecule has 0 unspecified atom stereocenters. The Hall–Kier alpha value is -2.01. The fraction of sp³-hybridized carbons (Fsp3) is 0.550. The molecule has 3 rings (SSSR count). The Kier molecular flexibility index (Phi) is 5.63. The average molecular weight is 343 g/mol. The largest absolute Gasteiger partial charge is 0.493 e. The summed E-state index contributed by atoms with van der Waals surface area (Å²) in [6.45, 7) is 6.15. The van der Waals surface area contributed by atoms with Crippen LogP contribution in [0.3, 0.4) is 0 Å². The highest BCUT2D eigenvalue weighted by molar-refractivity contribution is 5.42. The molecule has 1 aromatic carbocycles. The Bertz CT molecular complexity index is 705.